The van der Waals surface area contributed by atoms with Gasteiger partial charge in [-0.25, -0.2) is 4.79 Å². The van der Waals surface area contributed by atoms with Gasteiger partial charge in [-0.15, -0.1) is 0 Å². The summed E-state index contributed by atoms with van der Waals surface area (Å²) in [6, 6.07) is 3.71. The Morgan fingerprint density at radius 3 is 2.54 bits per heavy atom. The second-order valence-corrected chi connectivity index (χ2v) is 5.74. The quantitative estimate of drug-likeness (QED) is 0.866. The number of likely N-dealkylation sites (tertiary alicyclic amines) is 1. The van der Waals surface area contributed by atoms with E-state index in [1.54, 1.807) is 11.9 Å². The lowest BCUT2D eigenvalue weighted by Crippen LogP contribution is -2.44. The van der Waals surface area contributed by atoms with Crippen LogP contribution in [0, 0.1) is 5.92 Å². The number of ether oxygens (including phenoxy) is 1. The first-order chi connectivity index (χ1) is 11.4. The van der Waals surface area contributed by atoms with Crippen molar-refractivity contribution in [3.63, 3.8) is 0 Å². The summed E-state index contributed by atoms with van der Waals surface area (Å²) in [4.78, 5) is 25.4. The van der Waals surface area contributed by atoms with Crippen molar-refractivity contribution in [1.29, 1.82) is 0 Å². The van der Waals surface area contributed by atoms with E-state index < -0.39 is 6.61 Å². The summed E-state index contributed by atoms with van der Waals surface area (Å²) in [5.74, 6) is -0.258. The summed E-state index contributed by atoms with van der Waals surface area (Å²) in [6.07, 6.45) is 1.18. The van der Waals surface area contributed by atoms with Crippen molar-refractivity contribution in [3.8, 4) is 5.75 Å². The number of amides is 3. The number of rotatable bonds is 4. The van der Waals surface area contributed by atoms with E-state index in [0.29, 0.717) is 31.6 Å². The maximum Gasteiger partial charge on any atom is 0.387 e. The van der Waals surface area contributed by atoms with Crippen molar-refractivity contribution in [2.45, 2.75) is 19.5 Å². The molecule has 0 aromatic heterocycles. The van der Waals surface area contributed by atoms with Crippen LogP contribution in [0.3, 0.4) is 0 Å². The number of urea groups is 1. The van der Waals surface area contributed by atoms with Gasteiger partial charge in [0.05, 0.1) is 5.02 Å². The molecule has 0 bridgehead atoms. The van der Waals surface area contributed by atoms with Gasteiger partial charge in [0.25, 0.3) is 0 Å². The van der Waals surface area contributed by atoms with E-state index in [4.69, 9.17) is 11.6 Å². The third kappa shape index (κ3) is 4.70. The number of anilines is 1. The van der Waals surface area contributed by atoms with Crippen molar-refractivity contribution in [1.82, 2.24) is 10.2 Å². The summed E-state index contributed by atoms with van der Waals surface area (Å²) < 4.78 is 28.6. The molecule has 0 spiro atoms. The van der Waals surface area contributed by atoms with Gasteiger partial charge >= 0.3 is 12.6 Å². The topological polar surface area (TPSA) is 70.7 Å². The van der Waals surface area contributed by atoms with E-state index in [1.165, 1.54) is 18.2 Å². The van der Waals surface area contributed by atoms with E-state index in [2.05, 4.69) is 15.4 Å². The summed E-state index contributed by atoms with van der Waals surface area (Å²) in [5, 5.41) is 5.23. The van der Waals surface area contributed by atoms with E-state index in [1.807, 2.05) is 0 Å². The fourth-order valence-electron chi connectivity index (χ4n) is 2.52. The highest BCUT2D eigenvalue weighted by atomic mass is 35.5. The van der Waals surface area contributed by atoms with Gasteiger partial charge in [0, 0.05) is 31.7 Å². The zero-order chi connectivity index (χ0) is 17.7. The number of hydrogen-bond acceptors (Lipinski definition) is 3. The van der Waals surface area contributed by atoms with Crippen LogP contribution >= 0.6 is 11.6 Å². The fraction of sp³-hybridized carbons (Fsp3) is 0.467. The maximum absolute atomic E-state index is 12.2. The minimum Gasteiger partial charge on any atom is -0.433 e. The lowest BCUT2D eigenvalue weighted by Gasteiger charge is -2.31. The van der Waals surface area contributed by atoms with Crippen LogP contribution in [0.15, 0.2) is 18.2 Å². The summed E-state index contributed by atoms with van der Waals surface area (Å²) in [7, 11) is 1.59. The lowest BCUT2D eigenvalue weighted by molar-refractivity contribution is -0.125. The molecule has 1 aromatic carbocycles. The molecule has 1 heterocycles. The lowest BCUT2D eigenvalue weighted by atomic mass is 9.96. The molecule has 0 aliphatic carbocycles. The average molecular weight is 362 g/mol. The monoisotopic (exact) mass is 361 g/mol. The molecule has 0 unspecified atom stereocenters. The van der Waals surface area contributed by atoms with Crippen LogP contribution in [0.1, 0.15) is 12.8 Å². The van der Waals surface area contributed by atoms with Crippen molar-refractivity contribution in [2.75, 3.05) is 25.5 Å². The second-order valence-electron chi connectivity index (χ2n) is 5.33. The molecule has 9 heteroatoms. The molecule has 2 rings (SSSR count). The van der Waals surface area contributed by atoms with Crippen LogP contribution in [-0.2, 0) is 4.79 Å². The first kappa shape index (κ1) is 18.3. The zero-order valence-corrected chi connectivity index (χ0v) is 13.8. The number of hydrogen-bond donors (Lipinski definition) is 2. The Kier molecular flexibility index (Phi) is 6.19. The van der Waals surface area contributed by atoms with Crippen LogP contribution in [-0.4, -0.2) is 43.6 Å². The van der Waals surface area contributed by atoms with Crippen LogP contribution in [0.5, 0.6) is 5.75 Å². The molecule has 0 atom stereocenters. The molecule has 24 heavy (non-hydrogen) atoms. The van der Waals surface area contributed by atoms with E-state index in [-0.39, 0.29) is 28.6 Å². The SMILES string of the molecule is CNC(=O)C1CCN(C(=O)Nc2ccc(OC(F)F)c(Cl)c2)CC1. The Labute approximate surface area is 143 Å². The molecule has 1 saturated heterocycles. The Morgan fingerprint density at radius 2 is 2.00 bits per heavy atom. The Morgan fingerprint density at radius 1 is 1.33 bits per heavy atom. The molecule has 2 N–H and O–H groups in total. The molecule has 0 radical (unpaired) electrons. The van der Waals surface area contributed by atoms with Crippen LogP contribution in [0.4, 0.5) is 19.3 Å². The highest BCUT2D eigenvalue weighted by Gasteiger charge is 2.26. The van der Waals surface area contributed by atoms with Crippen molar-refractivity contribution < 1.29 is 23.1 Å². The van der Waals surface area contributed by atoms with Crippen molar-refractivity contribution in [2.24, 2.45) is 5.92 Å². The molecule has 1 aliphatic heterocycles. The molecule has 6 nitrogen and oxygen atoms in total. The van der Waals surface area contributed by atoms with Gasteiger partial charge in [-0.1, -0.05) is 11.6 Å². The van der Waals surface area contributed by atoms with Gasteiger partial charge in [-0.3, -0.25) is 4.79 Å². The predicted molar refractivity (Wildman–Crippen MR) is 85.5 cm³/mol. The molecule has 1 aliphatic rings. The number of nitrogens with zero attached hydrogens (tertiary/aromatic N) is 1. The van der Waals surface area contributed by atoms with Gasteiger partial charge < -0.3 is 20.3 Å². The Bertz CT molecular complexity index is 608. The summed E-state index contributed by atoms with van der Waals surface area (Å²) in [5.41, 5.74) is 0.375. The third-order valence-electron chi connectivity index (χ3n) is 3.80. The normalized spacial score (nSPS) is 15.3. The Balaban J connectivity index is 1.91. The van der Waals surface area contributed by atoms with Crippen LogP contribution in [0.2, 0.25) is 5.02 Å². The number of benzene rings is 1. The summed E-state index contributed by atoms with van der Waals surface area (Å²) >= 11 is 5.84. The zero-order valence-electron chi connectivity index (χ0n) is 13.0. The van der Waals surface area contributed by atoms with Gasteiger partial charge in [-0.2, -0.15) is 8.78 Å². The minimum absolute atomic E-state index is 0.0172. The van der Waals surface area contributed by atoms with Gasteiger partial charge in [0.1, 0.15) is 5.75 Å². The number of carbonyl (C=O) groups is 2. The van der Waals surface area contributed by atoms with Crippen LogP contribution in [0.25, 0.3) is 0 Å². The maximum atomic E-state index is 12.2. The standard InChI is InChI=1S/C15H18ClF2N3O3/c1-19-13(22)9-4-6-21(7-5-9)15(23)20-10-2-3-12(11(16)8-10)24-14(17)18/h2-3,8-9,14H,4-7H2,1H3,(H,19,22)(H,20,23). The smallest absolute Gasteiger partial charge is 0.387 e. The van der Waals surface area contributed by atoms with E-state index in [0.717, 1.165) is 0 Å². The number of alkyl halides is 2. The third-order valence-corrected chi connectivity index (χ3v) is 4.09. The summed E-state index contributed by atoms with van der Waals surface area (Å²) in [6.45, 7) is -2.04. The van der Waals surface area contributed by atoms with Gasteiger partial charge in [-0.05, 0) is 31.0 Å². The first-order valence-corrected chi connectivity index (χ1v) is 7.80. The highest BCUT2D eigenvalue weighted by Crippen LogP contribution is 2.29. The van der Waals surface area contributed by atoms with E-state index >= 15 is 0 Å². The molecular weight excluding hydrogens is 344 g/mol. The van der Waals surface area contributed by atoms with Crippen molar-refractivity contribution >= 4 is 29.2 Å². The van der Waals surface area contributed by atoms with Gasteiger partial charge in [0.2, 0.25) is 5.91 Å². The van der Waals surface area contributed by atoms with Crippen LogP contribution < -0.4 is 15.4 Å². The predicted octanol–water partition coefficient (Wildman–Crippen LogP) is 2.93. The first-order valence-electron chi connectivity index (χ1n) is 7.42. The van der Waals surface area contributed by atoms with Gasteiger partial charge in [0.15, 0.2) is 0 Å². The minimum atomic E-state index is -2.97. The number of piperidine rings is 1. The molecule has 1 fully saturated rings. The second kappa shape index (κ2) is 8.14. The molecule has 132 valence electrons. The Hall–Kier alpha value is -2.09. The van der Waals surface area contributed by atoms with E-state index in [9.17, 15) is 18.4 Å². The fourth-order valence-corrected chi connectivity index (χ4v) is 2.75. The largest absolute Gasteiger partial charge is 0.433 e. The molecule has 1 aromatic rings. The number of carbonyl (C=O) groups excluding carboxylic acids is 2. The molecular formula is C15H18ClF2N3O3. The number of halogens is 3. The molecule has 3 amide bonds. The molecule has 0 saturated carbocycles. The number of nitrogens with one attached hydrogen (secondary N) is 2. The highest BCUT2D eigenvalue weighted by molar-refractivity contribution is 6.32. The van der Waals surface area contributed by atoms with Crippen molar-refractivity contribution in [3.05, 3.63) is 23.2 Å². The average Bonchev–Trinajstić information content (AvgIpc) is 2.56.